The summed E-state index contributed by atoms with van der Waals surface area (Å²) < 4.78 is 0. The average Bonchev–Trinajstić information content (AvgIpc) is 2.91. The Labute approximate surface area is 155 Å². The highest BCUT2D eigenvalue weighted by molar-refractivity contribution is 5.96. The molecule has 0 amide bonds. The van der Waals surface area contributed by atoms with Crippen LogP contribution in [0.3, 0.4) is 0 Å². The predicted octanol–water partition coefficient (Wildman–Crippen LogP) is 6.64. The molecule has 1 aliphatic heterocycles. The van der Waals surface area contributed by atoms with Crippen LogP contribution in [0.15, 0.2) is 102 Å². The molecule has 0 bridgehead atoms. The fourth-order valence-electron chi connectivity index (χ4n) is 3.19. The van der Waals surface area contributed by atoms with Gasteiger partial charge >= 0.3 is 0 Å². The molecule has 1 heterocycles. The van der Waals surface area contributed by atoms with E-state index >= 15 is 0 Å². The highest BCUT2D eigenvalue weighted by atomic mass is 14.8. The molecule has 1 aliphatic rings. The average molecular weight is 335 g/mol. The zero-order valence-corrected chi connectivity index (χ0v) is 14.9. The Morgan fingerprint density at radius 2 is 1.15 bits per heavy atom. The van der Waals surface area contributed by atoms with Crippen LogP contribution in [0.5, 0.6) is 0 Å². The van der Waals surface area contributed by atoms with E-state index in [4.69, 9.17) is 4.99 Å². The first kappa shape index (κ1) is 16.3. The van der Waals surface area contributed by atoms with Crippen LogP contribution in [-0.2, 0) is 0 Å². The molecule has 4 rings (SSSR count). The van der Waals surface area contributed by atoms with Crippen molar-refractivity contribution in [2.45, 2.75) is 13.3 Å². The van der Waals surface area contributed by atoms with Crippen molar-refractivity contribution in [1.82, 2.24) is 0 Å². The minimum atomic E-state index is 0.878. The van der Waals surface area contributed by atoms with Gasteiger partial charge in [-0.1, -0.05) is 91.0 Å². The van der Waals surface area contributed by atoms with Gasteiger partial charge in [0.05, 0.1) is 5.70 Å². The maximum atomic E-state index is 4.81. The number of allylic oxidation sites excluding steroid dienone is 3. The van der Waals surface area contributed by atoms with Gasteiger partial charge in [0, 0.05) is 17.7 Å². The topological polar surface area (TPSA) is 12.4 Å². The second-order valence-corrected chi connectivity index (χ2v) is 6.55. The third kappa shape index (κ3) is 3.57. The van der Waals surface area contributed by atoms with E-state index in [0.29, 0.717) is 0 Å². The van der Waals surface area contributed by atoms with Crippen LogP contribution in [0.1, 0.15) is 24.5 Å². The van der Waals surface area contributed by atoms with Crippen molar-refractivity contribution in [3.05, 3.63) is 108 Å². The van der Waals surface area contributed by atoms with Crippen LogP contribution in [-0.4, -0.2) is 5.71 Å². The van der Waals surface area contributed by atoms with E-state index < -0.39 is 0 Å². The molecule has 3 aromatic rings. The highest BCUT2D eigenvalue weighted by Crippen LogP contribution is 2.28. The lowest BCUT2D eigenvalue weighted by Gasteiger charge is -2.07. The van der Waals surface area contributed by atoms with Gasteiger partial charge in [-0.05, 0) is 35.3 Å². The van der Waals surface area contributed by atoms with E-state index in [1.807, 2.05) is 12.1 Å². The Morgan fingerprint density at radius 3 is 1.81 bits per heavy atom. The summed E-state index contributed by atoms with van der Waals surface area (Å²) >= 11 is 0. The normalized spacial score (nSPS) is 14.1. The van der Waals surface area contributed by atoms with Gasteiger partial charge in [0.15, 0.2) is 0 Å². The van der Waals surface area contributed by atoms with E-state index in [9.17, 15) is 0 Å². The van der Waals surface area contributed by atoms with Crippen molar-refractivity contribution >= 4 is 17.0 Å². The van der Waals surface area contributed by atoms with E-state index in [-0.39, 0.29) is 0 Å². The second-order valence-electron chi connectivity index (χ2n) is 6.55. The molecule has 0 aliphatic carbocycles. The lowest BCUT2D eigenvalue weighted by molar-refractivity contribution is 1.40. The SMILES string of the molecule is CC1=NC(c2ccccc2)=CC(c2ccc(-c3ccccc3)cc2)=CC1. The molecule has 1 heteroatoms. The van der Waals surface area contributed by atoms with Crippen LogP contribution in [0.4, 0.5) is 0 Å². The van der Waals surface area contributed by atoms with Crippen molar-refractivity contribution < 1.29 is 0 Å². The summed E-state index contributed by atoms with van der Waals surface area (Å²) in [5.74, 6) is 0. The van der Waals surface area contributed by atoms with Gasteiger partial charge in [0.1, 0.15) is 0 Å². The molecule has 0 spiro atoms. The fourth-order valence-corrected chi connectivity index (χ4v) is 3.19. The number of hydrogen-bond acceptors (Lipinski definition) is 1. The molecule has 0 saturated carbocycles. The number of nitrogens with zero attached hydrogens (tertiary/aromatic N) is 1. The van der Waals surface area contributed by atoms with Crippen molar-refractivity contribution in [1.29, 1.82) is 0 Å². The largest absolute Gasteiger partial charge is 0.257 e. The van der Waals surface area contributed by atoms with Gasteiger partial charge in [0.2, 0.25) is 0 Å². The van der Waals surface area contributed by atoms with Gasteiger partial charge in [-0.15, -0.1) is 0 Å². The monoisotopic (exact) mass is 335 g/mol. The first-order chi connectivity index (χ1) is 12.8. The summed E-state index contributed by atoms with van der Waals surface area (Å²) in [7, 11) is 0. The van der Waals surface area contributed by atoms with E-state index in [2.05, 4.69) is 91.9 Å². The quantitative estimate of drug-likeness (QED) is 0.508. The summed E-state index contributed by atoms with van der Waals surface area (Å²) in [5, 5.41) is 0. The molecule has 126 valence electrons. The molecule has 0 radical (unpaired) electrons. The molecule has 0 aromatic heterocycles. The molecule has 1 nitrogen and oxygen atoms in total. The second kappa shape index (κ2) is 7.37. The van der Waals surface area contributed by atoms with E-state index in [1.54, 1.807) is 0 Å². The first-order valence-electron chi connectivity index (χ1n) is 8.97. The Balaban J connectivity index is 1.68. The molecule has 0 N–H and O–H groups in total. The van der Waals surface area contributed by atoms with Crippen LogP contribution in [0.2, 0.25) is 0 Å². The standard InChI is InChI=1S/C25H21N/c1-19-12-13-24(18-25(26-19)23-10-6-3-7-11-23)22-16-14-21(15-17-22)20-8-4-2-5-9-20/h2-11,13-18H,12H2,1H3. The zero-order chi connectivity index (χ0) is 17.8. The summed E-state index contributed by atoms with van der Waals surface area (Å²) in [6.45, 7) is 2.09. The minimum Gasteiger partial charge on any atom is -0.257 e. The summed E-state index contributed by atoms with van der Waals surface area (Å²) in [4.78, 5) is 4.81. The Hall–Kier alpha value is -3.19. The minimum absolute atomic E-state index is 0.878. The van der Waals surface area contributed by atoms with Crippen LogP contribution in [0, 0.1) is 0 Å². The van der Waals surface area contributed by atoms with Crippen LogP contribution >= 0.6 is 0 Å². The Kier molecular flexibility index (Phi) is 4.61. The number of aliphatic imine (C=N–C) groups is 1. The third-order valence-corrected chi connectivity index (χ3v) is 4.62. The maximum absolute atomic E-state index is 4.81. The lowest BCUT2D eigenvalue weighted by atomic mass is 9.98. The summed E-state index contributed by atoms with van der Waals surface area (Å²) in [6, 6.07) is 29.7. The van der Waals surface area contributed by atoms with Gasteiger partial charge < -0.3 is 0 Å². The van der Waals surface area contributed by atoms with Crippen LogP contribution < -0.4 is 0 Å². The summed E-state index contributed by atoms with van der Waals surface area (Å²) in [6.07, 6.45) is 5.35. The lowest BCUT2D eigenvalue weighted by Crippen LogP contribution is -1.88. The van der Waals surface area contributed by atoms with Crippen LogP contribution in [0.25, 0.3) is 22.4 Å². The van der Waals surface area contributed by atoms with E-state index in [1.165, 1.54) is 22.3 Å². The number of hydrogen-bond donors (Lipinski definition) is 0. The molecule has 0 saturated heterocycles. The summed E-state index contributed by atoms with van der Waals surface area (Å²) in [5.41, 5.74) is 8.25. The number of benzene rings is 3. The van der Waals surface area contributed by atoms with Gasteiger partial charge in [-0.3, -0.25) is 4.99 Å². The molecular formula is C25H21N. The Bertz CT molecular complexity index is 975. The highest BCUT2D eigenvalue weighted by Gasteiger charge is 2.08. The maximum Gasteiger partial charge on any atom is 0.0707 e. The third-order valence-electron chi connectivity index (χ3n) is 4.62. The van der Waals surface area contributed by atoms with Crippen molar-refractivity contribution in [2.75, 3.05) is 0 Å². The van der Waals surface area contributed by atoms with E-state index in [0.717, 1.165) is 23.4 Å². The fraction of sp³-hybridized carbons (Fsp3) is 0.0800. The van der Waals surface area contributed by atoms with Gasteiger partial charge in [-0.2, -0.15) is 0 Å². The predicted molar refractivity (Wildman–Crippen MR) is 112 cm³/mol. The molecule has 0 unspecified atom stereocenters. The molecule has 3 aromatic carbocycles. The van der Waals surface area contributed by atoms with Crippen molar-refractivity contribution in [3.8, 4) is 11.1 Å². The van der Waals surface area contributed by atoms with Gasteiger partial charge in [-0.25, -0.2) is 0 Å². The molecule has 26 heavy (non-hydrogen) atoms. The molecular weight excluding hydrogens is 314 g/mol. The Morgan fingerprint density at radius 1 is 0.615 bits per heavy atom. The van der Waals surface area contributed by atoms with Crippen molar-refractivity contribution in [3.63, 3.8) is 0 Å². The number of rotatable bonds is 3. The first-order valence-corrected chi connectivity index (χ1v) is 8.97. The van der Waals surface area contributed by atoms with Crippen molar-refractivity contribution in [2.24, 2.45) is 4.99 Å². The zero-order valence-electron chi connectivity index (χ0n) is 14.9. The molecule has 0 fully saturated rings. The molecule has 0 atom stereocenters. The van der Waals surface area contributed by atoms with Gasteiger partial charge in [0.25, 0.3) is 0 Å². The smallest absolute Gasteiger partial charge is 0.0707 e.